The van der Waals surface area contributed by atoms with Crippen molar-refractivity contribution >= 4 is 40.7 Å². The van der Waals surface area contributed by atoms with Gasteiger partial charge in [-0.05, 0) is 61.6 Å². The molecule has 0 bridgehead atoms. The van der Waals surface area contributed by atoms with Crippen molar-refractivity contribution in [2.45, 2.75) is 69.1 Å². The highest BCUT2D eigenvalue weighted by molar-refractivity contribution is 6.31. The lowest BCUT2D eigenvalue weighted by atomic mass is 9.82. The minimum absolute atomic E-state index is 0.00287. The Kier molecular flexibility index (Phi) is 9.56. The molecular formula is C33H30ClF3N4O4. The number of aromatic nitrogens is 1. The summed E-state index contributed by atoms with van der Waals surface area (Å²) in [6.07, 6.45) is -0.433. The number of halogens is 4. The standard InChI is InChI=1S/C33H30ClF3N4O4/c34-25-7-2-1-6-24(25)30(27(42)9-8-20-10-13-33(36,37)14-11-20)40(23-5-3-4-22(35)17-23)31(44)26-18-28(43)32(45)41(26)29-16-21(19-38)12-15-39-29/h1-7,12,15-17,20,26,28,30,43H,8-11,13-14,18H2/t26-,28+,30-/m0/s1. The molecular weight excluding hydrogens is 609 g/mol. The maximum Gasteiger partial charge on any atom is 0.257 e. The van der Waals surface area contributed by atoms with Gasteiger partial charge in [-0.15, -0.1) is 0 Å². The molecule has 1 N–H and O–H groups in total. The highest BCUT2D eigenvalue weighted by Crippen LogP contribution is 2.40. The van der Waals surface area contributed by atoms with Crippen LogP contribution in [0.5, 0.6) is 0 Å². The van der Waals surface area contributed by atoms with E-state index in [1.807, 2.05) is 6.07 Å². The fourth-order valence-electron chi connectivity index (χ4n) is 6.05. The first-order chi connectivity index (χ1) is 21.5. The Bertz CT molecular complexity index is 1640. The van der Waals surface area contributed by atoms with Gasteiger partial charge in [0, 0.05) is 48.2 Å². The Balaban J connectivity index is 1.57. The molecule has 12 heteroatoms. The van der Waals surface area contributed by atoms with Crippen molar-refractivity contribution in [3.05, 3.63) is 88.8 Å². The van der Waals surface area contributed by atoms with Gasteiger partial charge in [0.15, 0.2) is 5.78 Å². The van der Waals surface area contributed by atoms with Crippen LogP contribution in [0, 0.1) is 23.1 Å². The number of carbonyl (C=O) groups excluding carboxylic acids is 3. The van der Waals surface area contributed by atoms with Gasteiger partial charge in [-0.1, -0.05) is 35.9 Å². The van der Waals surface area contributed by atoms with E-state index in [0.29, 0.717) is 6.42 Å². The second-order valence-corrected chi connectivity index (χ2v) is 11.8. The minimum atomic E-state index is -2.72. The van der Waals surface area contributed by atoms with E-state index in [9.17, 15) is 37.9 Å². The number of amides is 2. The maximum atomic E-state index is 14.7. The number of hydrogen-bond acceptors (Lipinski definition) is 6. The molecule has 1 aliphatic carbocycles. The van der Waals surface area contributed by atoms with Crippen LogP contribution in [0.4, 0.5) is 24.7 Å². The van der Waals surface area contributed by atoms with Gasteiger partial charge < -0.3 is 5.11 Å². The number of anilines is 2. The zero-order valence-corrected chi connectivity index (χ0v) is 24.8. The van der Waals surface area contributed by atoms with Gasteiger partial charge in [0.25, 0.3) is 11.8 Å². The molecule has 2 aromatic carbocycles. The minimum Gasteiger partial charge on any atom is -0.383 e. The Hall–Kier alpha value is -4.27. The van der Waals surface area contributed by atoms with Gasteiger partial charge in [0.05, 0.1) is 11.6 Å². The third kappa shape index (κ3) is 7.02. The summed E-state index contributed by atoms with van der Waals surface area (Å²) >= 11 is 6.58. The summed E-state index contributed by atoms with van der Waals surface area (Å²) in [6.45, 7) is 0. The quantitative estimate of drug-likeness (QED) is 0.300. The number of aliphatic hydroxyl groups is 1. The predicted octanol–water partition coefficient (Wildman–Crippen LogP) is 6.16. The van der Waals surface area contributed by atoms with Gasteiger partial charge in [-0.3, -0.25) is 24.2 Å². The van der Waals surface area contributed by atoms with Gasteiger partial charge >= 0.3 is 0 Å². The van der Waals surface area contributed by atoms with E-state index in [4.69, 9.17) is 11.6 Å². The second-order valence-electron chi connectivity index (χ2n) is 11.4. The largest absolute Gasteiger partial charge is 0.383 e. The summed E-state index contributed by atoms with van der Waals surface area (Å²) in [7, 11) is 0. The monoisotopic (exact) mass is 638 g/mol. The average Bonchev–Trinajstić information content (AvgIpc) is 3.32. The highest BCUT2D eigenvalue weighted by Gasteiger charge is 2.48. The Morgan fingerprint density at radius 3 is 2.56 bits per heavy atom. The van der Waals surface area contributed by atoms with Gasteiger partial charge in [-0.25, -0.2) is 18.2 Å². The molecule has 1 aliphatic heterocycles. The van der Waals surface area contributed by atoms with Gasteiger partial charge in [0.2, 0.25) is 5.92 Å². The molecule has 3 atom stereocenters. The van der Waals surface area contributed by atoms with Crippen molar-refractivity contribution in [1.29, 1.82) is 5.26 Å². The van der Waals surface area contributed by atoms with Crippen molar-refractivity contribution in [2.75, 3.05) is 9.80 Å². The molecule has 1 aromatic heterocycles. The summed E-state index contributed by atoms with van der Waals surface area (Å²) in [4.78, 5) is 48.2. The van der Waals surface area contributed by atoms with Crippen molar-refractivity contribution in [1.82, 2.24) is 4.98 Å². The molecule has 45 heavy (non-hydrogen) atoms. The van der Waals surface area contributed by atoms with Crippen molar-refractivity contribution < 1.29 is 32.7 Å². The molecule has 1 saturated carbocycles. The summed E-state index contributed by atoms with van der Waals surface area (Å²) in [6, 6.07) is 13.3. The number of benzene rings is 2. The molecule has 0 unspecified atom stereocenters. The Morgan fingerprint density at radius 2 is 1.87 bits per heavy atom. The van der Waals surface area contributed by atoms with Crippen LogP contribution < -0.4 is 9.80 Å². The van der Waals surface area contributed by atoms with E-state index in [0.717, 1.165) is 15.9 Å². The number of aliphatic hydroxyl groups excluding tert-OH is 1. The first kappa shape index (κ1) is 32.1. The number of Topliss-reactive ketones (excluding diaryl/α,β-unsaturated/α-hetero) is 1. The third-order valence-electron chi connectivity index (χ3n) is 8.41. The normalized spacial score (nSPS) is 20.4. The molecule has 3 aromatic rings. The Labute approximate surface area is 263 Å². The van der Waals surface area contributed by atoms with E-state index >= 15 is 0 Å². The number of hydrogen-bond donors (Lipinski definition) is 1. The van der Waals surface area contributed by atoms with Crippen LogP contribution in [0.3, 0.4) is 0 Å². The van der Waals surface area contributed by atoms with E-state index < -0.39 is 47.5 Å². The van der Waals surface area contributed by atoms with Gasteiger partial charge in [0.1, 0.15) is 29.8 Å². The molecule has 2 aliphatic rings. The molecule has 234 valence electrons. The maximum absolute atomic E-state index is 14.7. The number of nitrogens with zero attached hydrogens (tertiary/aromatic N) is 4. The summed E-state index contributed by atoms with van der Waals surface area (Å²) in [5.74, 6) is -5.69. The van der Waals surface area contributed by atoms with Crippen LogP contribution in [-0.2, 0) is 14.4 Å². The lowest BCUT2D eigenvalue weighted by Crippen LogP contribution is -2.50. The van der Waals surface area contributed by atoms with Crippen LogP contribution in [-0.4, -0.2) is 45.8 Å². The first-order valence-corrected chi connectivity index (χ1v) is 15.0. The topological polar surface area (TPSA) is 115 Å². The van der Waals surface area contributed by atoms with Gasteiger partial charge in [-0.2, -0.15) is 5.26 Å². The van der Waals surface area contributed by atoms with E-state index in [-0.39, 0.29) is 72.1 Å². The van der Waals surface area contributed by atoms with Crippen LogP contribution in [0.25, 0.3) is 0 Å². The first-order valence-electron chi connectivity index (χ1n) is 14.6. The SMILES string of the molecule is N#Cc1ccnc(N2C(=O)[C@H](O)C[C@H]2C(=O)N(c2cccc(F)c2)[C@H](C(=O)CCC2CCC(F)(F)CC2)c2ccccc2Cl)c1. The second kappa shape index (κ2) is 13.4. The Morgan fingerprint density at radius 1 is 1.13 bits per heavy atom. The van der Waals surface area contributed by atoms with E-state index in [1.165, 1.54) is 36.5 Å². The number of rotatable bonds is 9. The molecule has 5 rings (SSSR count). The number of carbonyl (C=O) groups is 3. The molecule has 2 heterocycles. The summed E-state index contributed by atoms with van der Waals surface area (Å²) in [5.41, 5.74) is 0.410. The number of nitriles is 1. The van der Waals surface area contributed by atoms with Crippen molar-refractivity contribution in [3.63, 3.8) is 0 Å². The van der Waals surface area contributed by atoms with Crippen LogP contribution in [0.2, 0.25) is 5.02 Å². The fraction of sp³-hybridized carbons (Fsp3) is 0.364. The molecule has 0 spiro atoms. The third-order valence-corrected chi connectivity index (χ3v) is 8.75. The number of pyridine rings is 1. The summed E-state index contributed by atoms with van der Waals surface area (Å²) in [5, 5.41) is 20.1. The zero-order chi connectivity index (χ0) is 32.3. The van der Waals surface area contributed by atoms with Crippen molar-refractivity contribution in [2.24, 2.45) is 5.92 Å². The van der Waals surface area contributed by atoms with Crippen LogP contribution in [0.1, 0.15) is 62.1 Å². The molecule has 1 saturated heterocycles. The smallest absolute Gasteiger partial charge is 0.257 e. The van der Waals surface area contributed by atoms with E-state index in [1.54, 1.807) is 24.3 Å². The van der Waals surface area contributed by atoms with E-state index in [2.05, 4.69) is 4.98 Å². The molecule has 8 nitrogen and oxygen atoms in total. The van der Waals surface area contributed by atoms with Crippen LogP contribution >= 0.6 is 11.6 Å². The fourth-order valence-corrected chi connectivity index (χ4v) is 6.29. The molecule has 0 radical (unpaired) electrons. The lowest BCUT2D eigenvalue weighted by molar-refractivity contribution is -0.126. The highest BCUT2D eigenvalue weighted by atomic mass is 35.5. The average molecular weight is 639 g/mol. The predicted molar refractivity (Wildman–Crippen MR) is 160 cm³/mol. The molecule has 2 fully saturated rings. The van der Waals surface area contributed by atoms with Crippen molar-refractivity contribution in [3.8, 4) is 6.07 Å². The molecule has 2 amide bonds. The number of ketones is 1. The zero-order valence-electron chi connectivity index (χ0n) is 24.1. The number of alkyl halides is 2. The summed E-state index contributed by atoms with van der Waals surface area (Å²) < 4.78 is 42.2. The lowest BCUT2D eigenvalue weighted by Gasteiger charge is -2.36. The van der Waals surface area contributed by atoms with Crippen LogP contribution in [0.15, 0.2) is 66.9 Å².